The first-order valence-electron chi connectivity index (χ1n) is 4.16. The minimum atomic E-state index is -0.254. The van der Waals surface area contributed by atoms with E-state index < -0.39 is 0 Å². The average molecular weight is 208 g/mol. The molecule has 0 saturated heterocycles. The highest BCUT2D eigenvalue weighted by Crippen LogP contribution is 2.09. The van der Waals surface area contributed by atoms with Crippen molar-refractivity contribution in [3.05, 3.63) is 24.0 Å². The lowest BCUT2D eigenvalue weighted by atomic mass is 10.3. The maximum absolute atomic E-state index is 11.1. The minimum Gasteiger partial charge on any atom is -0.369 e. The number of aromatic nitrogens is 1. The molecule has 0 bridgehead atoms. The second-order valence-corrected chi connectivity index (χ2v) is 2.62. The lowest BCUT2D eigenvalue weighted by Gasteiger charge is -2.00. The molecular formula is C8H12N6O. The number of pyridine rings is 1. The van der Waals surface area contributed by atoms with Crippen molar-refractivity contribution in [2.75, 3.05) is 7.05 Å². The molecule has 1 aromatic rings. The summed E-state index contributed by atoms with van der Waals surface area (Å²) in [6.45, 7) is 0. The molecule has 0 fully saturated rings. The molecule has 0 radical (unpaired) electrons. The number of rotatable bonds is 2. The second-order valence-electron chi connectivity index (χ2n) is 2.62. The molecule has 15 heavy (non-hydrogen) atoms. The highest BCUT2D eigenvalue weighted by Gasteiger charge is 2.03. The molecule has 0 aliphatic heterocycles. The molecule has 0 unspecified atom stereocenters. The highest BCUT2D eigenvalue weighted by molar-refractivity contribution is 5.92. The van der Waals surface area contributed by atoms with Crippen molar-refractivity contribution in [2.24, 2.45) is 16.6 Å². The molecule has 0 aliphatic rings. The summed E-state index contributed by atoms with van der Waals surface area (Å²) in [6.07, 6.45) is 1.43. The smallest absolute Gasteiger partial charge is 0.269 e. The van der Waals surface area contributed by atoms with Gasteiger partial charge in [-0.05, 0) is 12.1 Å². The number of amides is 1. The van der Waals surface area contributed by atoms with Gasteiger partial charge in [-0.15, -0.1) is 0 Å². The van der Waals surface area contributed by atoms with Gasteiger partial charge in [-0.2, -0.15) is 0 Å². The van der Waals surface area contributed by atoms with Crippen molar-refractivity contribution in [1.29, 1.82) is 0 Å². The van der Waals surface area contributed by atoms with Gasteiger partial charge >= 0.3 is 0 Å². The van der Waals surface area contributed by atoms with E-state index in [-0.39, 0.29) is 11.9 Å². The Balaban J connectivity index is 2.86. The number of nitrogens with one attached hydrogen (secondary N) is 2. The molecule has 6 N–H and O–H groups in total. The molecule has 1 rings (SSSR count). The Bertz CT molecular complexity index is 371. The van der Waals surface area contributed by atoms with Gasteiger partial charge in [0.25, 0.3) is 5.91 Å². The Morgan fingerprint density at radius 1 is 1.53 bits per heavy atom. The number of hydrazine groups is 1. The van der Waals surface area contributed by atoms with E-state index in [9.17, 15) is 4.79 Å². The number of aliphatic imine (C=N–C) groups is 1. The van der Waals surface area contributed by atoms with Crippen LogP contribution in [0.5, 0.6) is 0 Å². The monoisotopic (exact) mass is 208 g/mol. The van der Waals surface area contributed by atoms with Crippen molar-refractivity contribution in [1.82, 2.24) is 15.7 Å². The number of carbonyl (C=O) groups is 1. The fourth-order valence-electron chi connectivity index (χ4n) is 0.886. The molecule has 0 spiro atoms. The zero-order valence-corrected chi connectivity index (χ0v) is 8.19. The minimum absolute atomic E-state index is 0.0736. The number of guanidine groups is 1. The number of nitrogens with two attached hydrogens (primary N) is 2. The van der Waals surface area contributed by atoms with Gasteiger partial charge in [0, 0.05) is 7.05 Å². The van der Waals surface area contributed by atoms with Crippen molar-refractivity contribution in [2.45, 2.75) is 0 Å². The van der Waals surface area contributed by atoms with Crippen LogP contribution in [-0.4, -0.2) is 23.9 Å². The van der Waals surface area contributed by atoms with E-state index in [4.69, 9.17) is 11.6 Å². The van der Waals surface area contributed by atoms with Crippen LogP contribution in [-0.2, 0) is 0 Å². The number of nitrogens with zero attached hydrogens (tertiary/aromatic N) is 2. The van der Waals surface area contributed by atoms with Crippen LogP contribution in [0, 0.1) is 0 Å². The standard InChI is InChI=1S/C8H12N6O/c1-11-7(15)6-3-2-5(4-12-6)13-8(9)14-10/h2-4H,10H2,1H3,(H,11,15)(H3,9,13,14). The van der Waals surface area contributed by atoms with Crippen LogP contribution in [0.15, 0.2) is 23.3 Å². The zero-order chi connectivity index (χ0) is 11.3. The lowest BCUT2D eigenvalue weighted by Crippen LogP contribution is -2.36. The molecule has 7 nitrogen and oxygen atoms in total. The van der Waals surface area contributed by atoms with Gasteiger partial charge in [0.15, 0.2) is 0 Å². The fourth-order valence-corrected chi connectivity index (χ4v) is 0.886. The average Bonchev–Trinajstić information content (AvgIpc) is 2.29. The second kappa shape index (κ2) is 4.91. The van der Waals surface area contributed by atoms with Crippen LogP contribution in [0.4, 0.5) is 5.69 Å². The van der Waals surface area contributed by atoms with E-state index in [1.165, 1.54) is 13.2 Å². The number of hydrogen-bond donors (Lipinski definition) is 4. The predicted octanol–water partition coefficient (Wildman–Crippen LogP) is -1.15. The third kappa shape index (κ3) is 2.92. The molecule has 0 atom stereocenters. The third-order valence-corrected chi connectivity index (χ3v) is 1.61. The molecule has 0 aromatic carbocycles. The van der Waals surface area contributed by atoms with Gasteiger partial charge in [0.05, 0.1) is 11.9 Å². The van der Waals surface area contributed by atoms with Gasteiger partial charge in [-0.1, -0.05) is 0 Å². The molecule has 7 heteroatoms. The Morgan fingerprint density at radius 2 is 2.27 bits per heavy atom. The molecular weight excluding hydrogens is 196 g/mol. The van der Waals surface area contributed by atoms with E-state index in [1.54, 1.807) is 12.1 Å². The van der Waals surface area contributed by atoms with Crippen LogP contribution in [0.2, 0.25) is 0 Å². The number of hydrogen-bond acceptors (Lipinski definition) is 4. The van der Waals surface area contributed by atoms with Gasteiger partial charge in [0.2, 0.25) is 5.96 Å². The van der Waals surface area contributed by atoms with Crippen LogP contribution < -0.4 is 22.3 Å². The Hall–Kier alpha value is -2.15. The normalized spacial score (nSPS) is 10.9. The van der Waals surface area contributed by atoms with Gasteiger partial charge in [0.1, 0.15) is 5.69 Å². The quantitative estimate of drug-likeness (QED) is 0.212. The van der Waals surface area contributed by atoms with Crippen LogP contribution in [0.25, 0.3) is 0 Å². The summed E-state index contributed by atoms with van der Waals surface area (Å²) in [6, 6.07) is 3.16. The predicted molar refractivity (Wildman–Crippen MR) is 56.2 cm³/mol. The lowest BCUT2D eigenvalue weighted by molar-refractivity contribution is 0.0958. The number of carbonyl (C=O) groups excluding carboxylic acids is 1. The summed E-state index contributed by atoms with van der Waals surface area (Å²) in [5.74, 6) is 4.85. The van der Waals surface area contributed by atoms with E-state index in [0.29, 0.717) is 11.4 Å². The zero-order valence-electron chi connectivity index (χ0n) is 8.19. The molecule has 0 saturated carbocycles. The first-order valence-corrected chi connectivity index (χ1v) is 4.16. The highest BCUT2D eigenvalue weighted by atomic mass is 16.1. The summed E-state index contributed by atoms with van der Waals surface area (Å²) in [4.78, 5) is 18.9. The van der Waals surface area contributed by atoms with E-state index in [2.05, 4.69) is 20.7 Å². The van der Waals surface area contributed by atoms with E-state index in [1.807, 2.05) is 0 Å². The topological polar surface area (TPSA) is 118 Å². The van der Waals surface area contributed by atoms with Crippen molar-refractivity contribution >= 4 is 17.6 Å². The molecule has 1 aromatic heterocycles. The van der Waals surface area contributed by atoms with Crippen LogP contribution in [0.3, 0.4) is 0 Å². The summed E-state index contributed by atoms with van der Waals surface area (Å²) in [5.41, 5.74) is 8.35. The SMILES string of the molecule is CNC(=O)c1ccc(N=C(N)NN)cn1. The van der Waals surface area contributed by atoms with Gasteiger partial charge < -0.3 is 11.1 Å². The van der Waals surface area contributed by atoms with Crippen molar-refractivity contribution in [3.63, 3.8) is 0 Å². The van der Waals surface area contributed by atoms with Gasteiger partial charge in [-0.3, -0.25) is 10.2 Å². The van der Waals surface area contributed by atoms with E-state index in [0.717, 1.165) is 0 Å². The first kappa shape index (κ1) is 10.9. The van der Waals surface area contributed by atoms with Crippen LogP contribution in [0.1, 0.15) is 10.5 Å². The fraction of sp³-hybridized carbons (Fsp3) is 0.125. The summed E-state index contributed by atoms with van der Waals surface area (Å²) >= 11 is 0. The summed E-state index contributed by atoms with van der Waals surface area (Å²) in [5, 5.41) is 2.46. The molecule has 1 heterocycles. The summed E-state index contributed by atoms with van der Waals surface area (Å²) < 4.78 is 0. The maximum Gasteiger partial charge on any atom is 0.269 e. The van der Waals surface area contributed by atoms with Crippen LogP contribution >= 0.6 is 0 Å². The first-order chi connectivity index (χ1) is 7.17. The Morgan fingerprint density at radius 3 is 2.73 bits per heavy atom. The summed E-state index contributed by atoms with van der Waals surface area (Å²) in [7, 11) is 1.53. The van der Waals surface area contributed by atoms with Crippen molar-refractivity contribution in [3.8, 4) is 0 Å². The molecule has 1 amide bonds. The van der Waals surface area contributed by atoms with Gasteiger partial charge in [-0.25, -0.2) is 15.8 Å². The maximum atomic E-state index is 11.1. The molecule has 80 valence electrons. The molecule has 0 aliphatic carbocycles. The largest absolute Gasteiger partial charge is 0.369 e. The third-order valence-electron chi connectivity index (χ3n) is 1.61. The Labute approximate surface area is 86.6 Å². The Kier molecular flexibility index (Phi) is 3.58. The van der Waals surface area contributed by atoms with E-state index >= 15 is 0 Å². The van der Waals surface area contributed by atoms with Crippen molar-refractivity contribution < 1.29 is 4.79 Å².